The van der Waals surface area contributed by atoms with Gasteiger partial charge in [0.05, 0.1) is 5.88 Å². The zero-order chi connectivity index (χ0) is 10.8. The van der Waals surface area contributed by atoms with E-state index in [1.165, 1.54) is 0 Å². The number of fused-ring (bicyclic) bond motifs is 1. The van der Waals surface area contributed by atoms with Crippen LogP contribution in [0.1, 0.15) is 10.7 Å². The molecule has 0 aliphatic rings. The van der Waals surface area contributed by atoms with Gasteiger partial charge in [-0.15, -0.1) is 23.4 Å². The Morgan fingerprint density at radius 1 is 1.60 bits per heavy atom. The molecule has 1 aromatic carbocycles. The molecule has 0 aliphatic carbocycles. The number of thioether (sulfide) groups is 1. The van der Waals surface area contributed by atoms with Gasteiger partial charge in [0.2, 0.25) is 5.78 Å². The average Bonchev–Trinajstić information content (AvgIpc) is 2.70. The number of benzene rings is 1. The Morgan fingerprint density at radius 2 is 2.40 bits per heavy atom. The molecule has 78 valence electrons. The summed E-state index contributed by atoms with van der Waals surface area (Å²) < 4.78 is 5.27. The van der Waals surface area contributed by atoms with E-state index in [9.17, 15) is 4.79 Å². The topological polar surface area (TPSA) is 43.1 Å². The summed E-state index contributed by atoms with van der Waals surface area (Å²) in [6.45, 7) is 0. The summed E-state index contributed by atoms with van der Waals surface area (Å²) in [7, 11) is 0. The van der Waals surface area contributed by atoms with Crippen molar-refractivity contribution < 1.29 is 9.21 Å². The molecule has 1 aromatic heterocycles. The van der Waals surface area contributed by atoms with Crippen LogP contribution < -0.4 is 0 Å². The third kappa shape index (κ3) is 2.01. The zero-order valence-electron chi connectivity index (χ0n) is 7.99. The van der Waals surface area contributed by atoms with E-state index in [-0.39, 0.29) is 17.6 Å². The Labute approximate surface area is 95.8 Å². The van der Waals surface area contributed by atoms with Gasteiger partial charge >= 0.3 is 0 Å². The van der Waals surface area contributed by atoms with Crippen LogP contribution >= 0.6 is 23.4 Å². The van der Waals surface area contributed by atoms with Crippen molar-refractivity contribution in [1.29, 1.82) is 0 Å². The minimum absolute atomic E-state index is 0.0817. The number of Topliss-reactive ketones (excluding diaryl/α,β-unsaturated/α-hetero) is 1. The monoisotopic (exact) mass is 241 g/mol. The molecule has 2 rings (SSSR count). The maximum absolute atomic E-state index is 11.2. The molecule has 0 fully saturated rings. The summed E-state index contributed by atoms with van der Waals surface area (Å²) in [6, 6.07) is 5.61. The van der Waals surface area contributed by atoms with Crippen LogP contribution in [0.25, 0.3) is 11.1 Å². The highest BCUT2D eigenvalue weighted by Crippen LogP contribution is 2.22. The summed E-state index contributed by atoms with van der Waals surface area (Å²) in [4.78, 5) is 16.4. The van der Waals surface area contributed by atoms with Gasteiger partial charge in [0.1, 0.15) is 5.52 Å². The van der Waals surface area contributed by atoms with Crippen LogP contribution in [0.2, 0.25) is 0 Å². The van der Waals surface area contributed by atoms with Gasteiger partial charge in [0, 0.05) is 4.90 Å². The van der Waals surface area contributed by atoms with Crippen LogP contribution in [0.4, 0.5) is 0 Å². The predicted octanol–water partition coefficient (Wildman–Crippen LogP) is 2.97. The van der Waals surface area contributed by atoms with E-state index in [1.54, 1.807) is 17.8 Å². The lowest BCUT2D eigenvalue weighted by molar-refractivity contribution is 0.0986. The number of halogens is 1. The molecule has 0 unspecified atom stereocenters. The highest BCUT2D eigenvalue weighted by atomic mass is 35.5. The van der Waals surface area contributed by atoms with Crippen molar-refractivity contribution in [3.8, 4) is 0 Å². The summed E-state index contributed by atoms with van der Waals surface area (Å²) in [5.74, 6) is -0.320. The van der Waals surface area contributed by atoms with Gasteiger partial charge < -0.3 is 4.42 Å². The molecule has 0 spiro atoms. The van der Waals surface area contributed by atoms with E-state index < -0.39 is 0 Å². The van der Waals surface area contributed by atoms with Gasteiger partial charge in [0.25, 0.3) is 5.89 Å². The molecule has 0 saturated heterocycles. The first-order chi connectivity index (χ1) is 7.24. The normalized spacial score (nSPS) is 10.8. The first-order valence-corrected chi connectivity index (χ1v) is 6.04. The second kappa shape index (κ2) is 4.24. The van der Waals surface area contributed by atoms with E-state index >= 15 is 0 Å². The molecule has 0 amide bonds. The second-order valence-corrected chi connectivity index (χ2v) is 4.06. The molecule has 0 aliphatic heterocycles. The molecule has 2 aromatic rings. The largest absolute Gasteiger partial charge is 0.434 e. The Balaban J connectivity index is 2.51. The van der Waals surface area contributed by atoms with Crippen molar-refractivity contribution in [2.45, 2.75) is 4.90 Å². The Kier molecular flexibility index (Phi) is 2.98. The molecular formula is C10H8ClNO2S. The molecule has 0 saturated carbocycles. The highest BCUT2D eigenvalue weighted by Gasteiger charge is 2.12. The third-order valence-corrected chi connectivity index (χ3v) is 2.92. The van der Waals surface area contributed by atoms with Gasteiger partial charge in [-0.05, 0) is 24.5 Å². The van der Waals surface area contributed by atoms with E-state index in [0.29, 0.717) is 11.1 Å². The maximum Gasteiger partial charge on any atom is 0.265 e. The number of oxazole rings is 1. The maximum atomic E-state index is 11.2. The van der Waals surface area contributed by atoms with Crippen LogP contribution in [0, 0.1) is 0 Å². The van der Waals surface area contributed by atoms with Crippen molar-refractivity contribution in [1.82, 2.24) is 4.98 Å². The second-order valence-electron chi connectivity index (χ2n) is 2.91. The molecule has 0 bridgehead atoms. The first kappa shape index (κ1) is 10.5. The number of aromatic nitrogens is 1. The lowest BCUT2D eigenvalue weighted by atomic mass is 10.3. The number of ketones is 1. The number of nitrogens with zero attached hydrogens (tertiary/aromatic N) is 1. The minimum Gasteiger partial charge on any atom is -0.434 e. The Hall–Kier alpha value is -1.00. The van der Waals surface area contributed by atoms with Gasteiger partial charge in [-0.25, -0.2) is 4.98 Å². The fourth-order valence-corrected chi connectivity index (χ4v) is 1.76. The van der Waals surface area contributed by atoms with Gasteiger partial charge in [0.15, 0.2) is 5.58 Å². The molecule has 0 radical (unpaired) electrons. The average molecular weight is 242 g/mol. The van der Waals surface area contributed by atoms with Crippen LogP contribution in [0.5, 0.6) is 0 Å². The van der Waals surface area contributed by atoms with E-state index in [4.69, 9.17) is 16.0 Å². The lowest BCUT2D eigenvalue weighted by Gasteiger charge is -1.92. The molecule has 0 N–H and O–H groups in total. The van der Waals surface area contributed by atoms with E-state index in [2.05, 4.69) is 4.98 Å². The fraction of sp³-hybridized carbons (Fsp3) is 0.200. The predicted molar refractivity (Wildman–Crippen MR) is 60.8 cm³/mol. The number of hydrogen-bond acceptors (Lipinski definition) is 4. The SMILES string of the molecule is CSc1ccc2oc(C(=O)CCl)nc2c1. The Morgan fingerprint density at radius 3 is 3.07 bits per heavy atom. The smallest absolute Gasteiger partial charge is 0.265 e. The molecule has 3 nitrogen and oxygen atoms in total. The van der Waals surface area contributed by atoms with Crippen LogP contribution in [0.15, 0.2) is 27.5 Å². The van der Waals surface area contributed by atoms with Crippen molar-refractivity contribution in [3.63, 3.8) is 0 Å². The summed E-state index contributed by atoms with van der Waals surface area (Å²) >= 11 is 7.03. The number of carbonyl (C=O) groups is 1. The number of alkyl halides is 1. The van der Waals surface area contributed by atoms with Gasteiger partial charge in [-0.1, -0.05) is 0 Å². The number of carbonyl (C=O) groups excluding carboxylic acids is 1. The summed E-state index contributed by atoms with van der Waals surface area (Å²) in [5, 5.41) is 0. The van der Waals surface area contributed by atoms with Crippen LogP contribution in [-0.4, -0.2) is 22.9 Å². The van der Waals surface area contributed by atoms with Gasteiger partial charge in [-0.3, -0.25) is 4.79 Å². The molecule has 5 heteroatoms. The third-order valence-electron chi connectivity index (χ3n) is 1.95. The highest BCUT2D eigenvalue weighted by molar-refractivity contribution is 7.98. The van der Waals surface area contributed by atoms with Crippen molar-refractivity contribution in [2.24, 2.45) is 0 Å². The standard InChI is InChI=1S/C10H8ClNO2S/c1-15-6-2-3-9-7(4-6)12-10(14-9)8(13)5-11/h2-4H,5H2,1H3. The van der Waals surface area contributed by atoms with Crippen LogP contribution in [-0.2, 0) is 0 Å². The molecule has 1 heterocycles. The van der Waals surface area contributed by atoms with Crippen molar-refractivity contribution >= 4 is 40.2 Å². The quantitative estimate of drug-likeness (QED) is 0.471. The lowest BCUT2D eigenvalue weighted by Crippen LogP contribution is -1.99. The Bertz CT molecular complexity index is 509. The van der Waals surface area contributed by atoms with E-state index in [0.717, 1.165) is 4.90 Å². The van der Waals surface area contributed by atoms with Crippen molar-refractivity contribution in [3.05, 3.63) is 24.1 Å². The fourth-order valence-electron chi connectivity index (χ4n) is 1.21. The first-order valence-electron chi connectivity index (χ1n) is 4.28. The van der Waals surface area contributed by atoms with Crippen LogP contribution in [0.3, 0.4) is 0 Å². The number of rotatable bonds is 3. The number of hydrogen-bond donors (Lipinski definition) is 0. The van der Waals surface area contributed by atoms with Crippen molar-refractivity contribution in [2.75, 3.05) is 12.1 Å². The van der Waals surface area contributed by atoms with E-state index in [1.807, 2.05) is 18.4 Å². The molecular weight excluding hydrogens is 234 g/mol. The minimum atomic E-state index is -0.293. The molecule has 15 heavy (non-hydrogen) atoms. The zero-order valence-corrected chi connectivity index (χ0v) is 9.56. The van der Waals surface area contributed by atoms with Gasteiger partial charge in [-0.2, -0.15) is 0 Å². The summed E-state index contributed by atoms with van der Waals surface area (Å²) in [6.07, 6.45) is 1.98. The molecule has 0 atom stereocenters. The summed E-state index contributed by atoms with van der Waals surface area (Å²) in [5.41, 5.74) is 1.30.